The third-order valence-corrected chi connectivity index (χ3v) is 5.13. The summed E-state index contributed by atoms with van der Waals surface area (Å²) in [6.45, 7) is 0.123. The molecule has 0 aliphatic carbocycles. The van der Waals surface area contributed by atoms with Crippen molar-refractivity contribution in [1.82, 2.24) is 4.98 Å². The average molecular weight is 372 g/mol. The summed E-state index contributed by atoms with van der Waals surface area (Å²) in [5, 5.41) is 3.17. The highest BCUT2D eigenvalue weighted by atomic mass is 32.1. The second-order valence-corrected chi connectivity index (χ2v) is 6.69. The van der Waals surface area contributed by atoms with Gasteiger partial charge in [0.2, 0.25) is 0 Å². The van der Waals surface area contributed by atoms with Crippen LogP contribution in [0.15, 0.2) is 45.6 Å². The molecule has 0 bridgehead atoms. The van der Waals surface area contributed by atoms with Gasteiger partial charge in [0.25, 0.3) is 5.91 Å². The lowest BCUT2D eigenvalue weighted by Gasteiger charge is -2.06. The number of benzene rings is 2. The zero-order valence-electron chi connectivity index (χ0n) is 13.6. The molecule has 1 amide bonds. The highest BCUT2D eigenvalue weighted by Crippen LogP contribution is 2.34. The van der Waals surface area contributed by atoms with E-state index in [1.165, 1.54) is 24.5 Å². The molecule has 132 valence electrons. The van der Waals surface area contributed by atoms with E-state index in [4.69, 9.17) is 9.15 Å². The van der Waals surface area contributed by atoms with Gasteiger partial charge in [-0.05, 0) is 30.3 Å². The summed E-state index contributed by atoms with van der Waals surface area (Å²) in [6, 6.07) is 9.54. The van der Waals surface area contributed by atoms with Crippen molar-refractivity contribution in [2.24, 2.45) is 0 Å². The van der Waals surface area contributed by atoms with Crippen LogP contribution < -0.4 is 11.1 Å². The lowest BCUT2D eigenvalue weighted by Crippen LogP contribution is -2.12. The predicted molar refractivity (Wildman–Crippen MR) is 97.3 cm³/mol. The molecule has 0 radical (unpaired) electrons. The first-order chi connectivity index (χ1) is 12.6. The van der Waals surface area contributed by atoms with Crippen LogP contribution in [0.4, 0.5) is 10.1 Å². The highest BCUT2D eigenvalue weighted by Gasteiger charge is 2.21. The number of nitrogens with one attached hydrogen (secondary N) is 2. The average Bonchev–Trinajstić information content (AvgIpc) is 3.15. The number of methoxy groups -OCH3 is 1. The van der Waals surface area contributed by atoms with Crippen LogP contribution in [0.2, 0.25) is 0 Å². The molecule has 2 N–H and O–H groups in total. The van der Waals surface area contributed by atoms with Crippen molar-refractivity contribution in [3.05, 3.63) is 63.2 Å². The topological polar surface area (TPSA) is 84.3 Å². The monoisotopic (exact) mass is 372 g/mol. The summed E-state index contributed by atoms with van der Waals surface area (Å²) in [5.41, 5.74) is 1.88. The molecule has 2 heterocycles. The zero-order chi connectivity index (χ0) is 18.3. The van der Waals surface area contributed by atoms with Gasteiger partial charge in [-0.15, -0.1) is 11.3 Å². The summed E-state index contributed by atoms with van der Waals surface area (Å²) in [7, 11) is 1.50. The third kappa shape index (κ3) is 2.79. The van der Waals surface area contributed by atoms with Gasteiger partial charge < -0.3 is 14.5 Å². The molecule has 0 unspecified atom stereocenters. The molecule has 0 saturated carbocycles. The molecule has 0 atom stereocenters. The number of halogens is 1. The molecule has 0 fully saturated rings. The fourth-order valence-electron chi connectivity index (χ4n) is 2.85. The summed E-state index contributed by atoms with van der Waals surface area (Å²) < 4.78 is 25.0. The number of rotatable bonds is 4. The first-order valence-corrected chi connectivity index (χ1v) is 8.51. The second kappa shape index (κ2) is 6.40. The maximum atomic E-state index is 14.2. The van der Waals surface area contributed by atoms with Crippen LogP contribution >= 0.6 is 11.3 Å². The van der Waals surface area contributed by atoms with Gasteiger partial charge in [-0.1, -0.05) is 6.07 Å². The normalized spacial score (nSPS) is 11.3. The Hall–Kier alpha value is -2.97. The van der Waals surface area contributed by atoms with Crippen molar-refractivity contribution in [1.29, 1.82) is 0 Å². The number of aromatic nitrogens is 1. The number of hydrogen-bond donors (Lipinski definition) is 2. The second-order valence-electron chi connectivity index (χ2n) is 5.64. The maximum absolute atomic E-state index is 14.2. The molecule has 4 aromatic rings. The van der Waals surface area contributed by atoms with E-state index in [1.54, 1.807) is 30.3 Å². The first kappa shape index (κ1) is 16.5. The first-order valence-electron chi connectivity index (χ1n) is 7.70. The van der Waals surface area contributed by atoms with E-state index < -0.39 is 5.76 Å². The van der Waals surface area contributed by atoms with E-state index in [1.807, 2.05) is 0 Å². The van der Waals surface area contributed by atoms with E-state index in [9.17, 15) is 14.0 Å². The van der Waals surface area contributed by atoms with E-state index in [0.29, 0.717) is 37.3 Å². The molecular formula is C18H13FN2O4S. The van der Waals surface area contributed by atoms with Crippen molar-refractivity contribution in [3.8, 4) is 0 Å². The number of hydrogen-bond acceptors (Lipinski definition) is 5. The zero-order valence-corrected chi connectivity index (χ0v) is 14.4. The molecule has 2 aromatic heterocycles. The van der Waals surface area contributed by atoms with Gasteiger partial charge in [0.05, 0.1) is 17.0 Å². The maximum Gasteiger partial charge on any atom is 0.417 e. The van der Waals surface area contributed by atoms with Gasteiger partial charge in [-0.25, -0.2) is 9.18 Å². The van der Waals surface area contributed by atoms with Crippen molar-refractivity contribution in [2.45, 2.75) is 6.61 Å². The quantitative estimate of drug-likeness (QED) is 0.569. The van der Waals surface area contributed by atoms with Crippen LogP contribution in [0.5, 0.6) is 0 Å². The number of thiophene rings is 1. The van der Waals surface area contributed by atoms with Gasteiger partial charge in [0.15, 0.2) is 5.58 Å². The van der Waals surface area contributed by atoms with E-state index in [0.717, 1.165) is 0 Å². The fourth-order valence-corrected chi connectivity index (χ4v) is 3.97. The van der Waals surface area contributed by atoms with Crippen LogP contribution in [0.1, 0.15) is 15.2 Å². The molecule has 0 saturated heterocycles. The summed E-state index contributed by atoms with van der Waals surface area (Å²) in [5.74, 6) is -1.32. The SMILES string of the molecule is COCc1c(C(=O)Nc2ccc3oc(=O)[nH]c3c2)sc2cccc(F)c12. The van der Waals surface area contributed by atoms with Crippen molar-refractivity contribution in [2.75, 3.05) is 12.4 Å². The number of fused-ring (bicyclic) bond motifs is 2. The Morgan fingerprint density at radius 1 is 1.35 bits per heavy atom. The Morgan fingerprint density at radius 2 is 2.19 bits per heavy atom. The van der Waals surface area contributed by atoms with Crippen LogP contribution in [0, 0.1) is 5.82 Å². The molecule has 8 heteroatoms. The number of amides is 1. The minimum Gasteiger partial charge on any atom is -0.408 e. The van der Waals surface area contributed by atoms with Gasteiger partial charge in [-0.3, -0.25) is 9.78 Å². The predicted octanol–water partition coefficient (Wildman–Crippen LogP) is 3.87. The Labute approximate surface area is 150 Å². The molecule has 2 aromatic carbocycles. The van der Waals surface area contributed by atoms with Gasteiger partial charge >= 0.3 is 5.76 Å². The van der Waals surface area contributed by atoms with E-state index in [-0.39, 0.29) is 18.3 Å². The third-order valence-electron chi connectivity index (χ3n) is 3.93. The lowest BCUT2D eigenvalue weighted by atomic mass is 10.1. The molecule has 0 spiro atoms. The number of carbonyl (C=O) groups excluding carboxylic acids is 1. The number of carbonyl (C=O) groups is 1. The van der Waals surface area contributed by atoms with Crippen LogP contribution in [0.25, 0.3) is 21.2 Å². The minimum absolute atomic E-state index is 0.123. The Kier molecular flexibility index (Phi) is 4.06. The number of anilines is 1. The highest BCUT2D eigenvalue weighted by molar-refractivity contribution is 7.21. The lowest BCUT2D eigenvalue weighted by molar-refractivity contribution is 0.102. The summed E-state index contributed by atoms with van der Waals surface area (Å²) in [6.07, 6.45) is 0. The number of ether oxygens (including phenoxy) is 1. The van der Waals surface area contributed by atoms with E-state index in [2.05, 4.69) is 10.3 Å². The van der Waals surface area contributed by atoms with Gasteiger partial charge in [0.1, 0.15) is 5.82 Å². The number of oxazole rings is 1. The molecule has 4 rings (SSSR count). The Bertz CT molecular complexity index is 1190. The Morgan fingerprint density at radius 3 is 3.00 bits per heavy atom. The Balaban J connectivity index is 1.73. The summed E-state index contributed by atoms with van der Waals surface area (Å²) in [4.78, 5) is 26.9. The van der Waals surface area contributed by atoms with Gasteiger partial charge in [-0.2, -0.15) is 0 Å². The van der Waals surface area contributed by atoms with Crippen LogP contribution in [-0.4, -0.2) is 18.0 Å². The minimum atomic E-state index is -0.564. The molecule has 6 nitrogen and oxygen atoms in total. The van der Waals surface area contributed by atoms with Crippen LogP contribution in [0.3, 0.4) is 0 Å². The number of aromatic amines is 1. The smallest absolute Gasteiger partial charge is 0.408 e. The molecule has 0 aliphatic heterocycles. The van der Waals surface area contributed by atoms with Crippen LogP contribution in [-0.2, 0) is 11.3 Å². The number of H-pyrrole nitrogens is 1. The van der Waals surface area contributed by atoms with Crippen molar-refractivity contribution >= 4 is 44.1 Å². The van der Waals surface area contributed by atoms with Gasteiger partial charge in [0, 0.05) is 28.4 Å². The molecule has 26 heavy (non-hydrogen) atoms. The molecular weight excluding hydrogens is 359 g/mol. The van der Waals surface area contributed by atoms with E-state index >= 15 is 0 Å². The summed E-state index contributed by atoms with van der Waals surface area (Å²) >= 11 is 1.20. The largest absolute Gasteiger partial charge is 0.417 e. The fraction of sp³-hybridized carbons (Fsp3) is 0.111. The standard InChI is InChI=1S/C18H13FN2O4S/c1-24-8-10-15-11(19)3-2-4-14(15)26-16(10)17(22)20-9-5-6-13-12(7-9)21-18(23)25-13/h2-7H,8H2,1H3,(H,20,22)(H,21,23). The van der Waals surface area contributed by atoms with Crippen molar-refractivity contribution < 1.29 is 18.3 Å². The van der Waals surface area contributed by atoms with Crippen molar-refractivity contribution in [3.63, 3.8) is 0 Å². The molecule has 0 aliphatic rings.